The number of anilines is 2. The van der Waals surface area contributed by atoms with Gasteiger partial charge in [-0.15, -0.1) is 11.3 Å². The summed E-state index contributed by atoms with van der Waals surface area (Å²) in [6, 6.07) is 8.45. The fraction of sp³-hybridized carbons (Fsp3) is 0.480. The second-order valence-corrected chi connectivity index (χ2v) is 10.9. The van der Waals surface area contributed by atoms with E-state index >= 15 is 0 Å². The number of rotatable bonds is 9. The van der Waals surface area contributed by atoms with Crippen LogP contribution in [0.25, 0.3) is 0 Å². The van der Waals surface area contributed by atoms with Crippen LogP contribution in [0, 0.1) is 5.41 Å². The van der Waals surface area contributed by atoms with E-state index in [1.165, 1.54) is 11.3 Å². The molecule has 1 aromatic heterocycles. The summed E-state index contributed by atoms with van der Waals surface area (Å²) in [5, 5.41) is 6.99. The molecule has 0 spiro atoms. The molecule has 0 aliphatic carbocycles. The van der Waals surface area contributed by atoms with E-state index in [0.717, 1.165) is 4.90 Å². The van der Waals surface area contributed by atoms with Crippen molar-refractivity contribution in [1.29, 1.82) is 0 Å². The Bertz CT molecular complexity index is 1050. The molecule has 3 rings (SSSR count). The summed E-state index contributed by atoms with van der Waals surface area (Å²) >= 11 is 1.19. The Hall–Kier alpha value is -2.96. The van der Waals surface area contributed by atoms with Gasteiger partial charge in [0, 0.05) is 31.0 Å². The molecule has 202 valence electrons. The van der Waals surface area contributed by atoms with Crippen LogP contribution in [0.1, 0.15) is 30.4 Å². The molecule has 0 bridgehead atoms. The maximum absolute atomic E-state index is 13.5. The van der Waals surface area contributed by atoms with E-state index in [0.29, 0.717) is 29.4 Å². The normalized spacial score (nSPS) is 15.5. The SMILES string of the molecule is CC(C)(C)CN(CC(F)(F)F)[C@@H](CNC(=O)c1cccs1)C(=O)Nc1ccc(N2CCOCC2=O)cc1. The zero-order valence-electron chi connectivity index (χ0n) is 20.9. The quantitative estimate of drug-likeness (QED) is 0.506. The highest BCUT2D eigenvalue weighted by atomic mass is 32.1. The minimum absolute atomic E-state index is 0.0137. The number of nitrogens with one attached hydrogen (secondary N) is 2. The van der Waals surface area contributed by atoms with Crippen LogP contribution in [0.5, 0.6) is 0 Å². The number of hydrogen-bond acceptors (Lipinski definition) is 6. The first-order chi connectivity index (χ1) is 17.3. The molecule has 2 heterocycles. The Balaban J connectivity index is 1.79. The molecule has 2 aromatic rings. The summed E-state index contributed by atoms with van der Waals surface area (Å²) < 4.78 is 45.6. The van der Waals surface area contributed by atoms with E-state index in [-0.39, 0.29) is 25.6 Å². The molecule has 0 saturated carbocycles. The number of hydrogen-bond donors (Lipinski definition) is 2. The van der Waals surface area contributed by atoms with E-state index in [1.807, 2.05) is 0 Å². The topological polar surface area (TPSA) is 91.0 Å². The number of thiophene rings is 1. The zero-order valence-corrected chi connectivity index (χ0v) is 21.7. The Morgan fingerprint density at radius 3 is 2.41 bits per heavy atom. The van der Waals surface area contributed by atoms with Gasteiger partial charge in [-0.25, -0.2) is 0 Å². The van der Waals surface area contributed by atoms with Crippen molar-refractivity contribution in [3.05, 3.63) is 46.7 Å². The average molecular weight is 541 g/mol. The van der Waals surface area contributed by atoms with Crippen LogP contribution in [0.4, 0.5) is 24.5 Å². The summed E-state index contributed by atoms with van der Waals surface area (Å²) in [5.74, 6) is -1.33. The van der Waals surface area contributed by atoms with Gasteiger partial charge in [-0.3, -0.25) is 19.3 Å². The molecule has 12 heteroatoms. The molecule has 1 saturated heterocycles. The molecule has 3 amide bonds. The highest BCUT2D eigenvalue weighted by molar-refractivity contribution is 7.12. The van der Waals surface area contributed by atoms with Crippen molar-refractivity contribution in [2.75, 3.05) is 49.6 Å². The van der Waals surface area contributed by atoms with Crippen molar-refractivity contribution in [3.8, 4) is 0 Å². The van der Waals surface area contributed by atoms with Gasteiger partial charge in [0.15, 0.2) is 0 Å². The third kappa shape index (κ3) is 8.83. The minimum Gasteiger partial charge on any atom is -0.370 e. The van der Waals surface area contributed by atoms with Crippen LogP contribution in [-0.2, 0) is 14.3 Å². The number of amides is 3. The molecule has 1 aliphatic rings. The average Bonchev–Trinajstić information content (AvgIpc) is 3.33. The molecular formula is C25H31F3N4O4S. The molecule has 1 aliphatic heterocycles. The smallest absolute Gasteiger partial charge is 0.370 e. The first kappa shape index (κ1) is 28.6. The van der Waals surface area contributed by atoms with Crippen LogP contribution in [-0.4, -0.2) is 74.2 Å². The molecule has 0 unspecified atom stereocenters. The van der Waals surface area contributed by atoms with Gasteiger partial charge >= 0.3 is 6.18 Å². The lowest BCUT2D eigenvalue weighted by Gasteiger charge is -2.36. The lowest BCUT2D eigenvalue weighted by Crippen LogP contribution is -2.55. The molecule has 2 N–H and O–H groups in total. The van der Waals surface area contributed by atoms with Crippen molar-refractivity contribution in [2.45, 2.75) is 33.0 Å². The van der Waals surface area contributed by atoms with Crippen molar-refractivity contribution >= 4 is 40.4 Å². The lowest BCUT2D eigenvalue weighted by molar-refractivity contribution is -0.156. The molecule has 1 atom stereocenters. The number of nitrogens with zero attached hydrogens (tertiary/aromatic N) is 2. The fourth-order valence-corrected chi connectivity index (χ4v) is 4.57. The zero-order chi connectivity index (χ0) is 27.2. The number of carbonyl (C=O) groups is 3. The van der Waals surface area contributed by atoms with Crippen LogP contribution in [0.15, 0.2) is 41.8 Å². The highest BCUT2D eigenvalue weighted by Gasteiger charge is 2.38. The Morgan fingerprint density at radius 1 is 1.14 bits per heavy atom. The number of ether oxygens (including phenoxy) is 1. The maximum atomic E-state index is 13.5. The van der Waals surface area contributed by atoms with E-state index in [2.05, 4.69) is 10.6 Å². The maximum Gasteiger partial charge on any atom is 0.401 e. The fourth-order valence-electron chi connectivity index (χ4n) is 3.93. The molecule has 1 fully saturated rings. The van der Waals surface area contributed by atoms with Gasteiger partial charge in [-0.05, 0) is 41.1 Å². The van der Waals surface area contributed by atoms with Gasteiger partial charge in [0.05, 0.1) is 18.0 Å². The Kier molecular flexibility index (Phi) is 9.32. The molecule has 37 heavy (non-hydrogen) atoms. The molecule has 8 nitrogen and oxygen atoms in total. The third-order valence-electron chi connectivity index (χ3n) is 5.44. The van der Waals surface area contributed by atoms with Crippen molar-refractivity contribution in [3.63, 3.8) is 0 Å². The second kappa shape index (κ2) is 12.1. The predicted molar refractivity (Wildman–Crippen MR) is 136 cm³/mol. The molecule has 0 radical (unpaired) electrons. The summed E-state index contributed by atoms with van der Waals surface area (Å²) in [4.78, 5) is 40.9. The molecule has 1 aromatic carbocycles. The van der Waals surface area contributed by atoms with E-state index in [4.69, 9.17) is 4.74 Å². The van der Waals surface area contributed by atoms with Crippen molar-refractivity contribution < 1.29 is 32.3 Å². The van der Waals surface area contributed by atoms with E-state index in [1.54, 1.807) is 67.4 Å². The van der Waals surface area contributed by atoms with Crippen LogP contribution in [0.3, 0.4) is 0 Å². The molecular weight excluding hydrogens is 509 g/mol. The lowest BCUT2D eigenvalue weighted by atomic mass is 9.95. The Morgan fingerprint density at radius 2 is 1.84 bits per heavy atom. The summed E-state index contributed by atoms with van der Waals surface area (Å²) in [6.07, 6.45) is -4.55. The summed E-state index contributed by atoms with van der Waals surface area (Å²) in [6.45, 7) is 4.48. The summed E-state index contributed by atoms with van der Waals surface area (Å²) in [7, 11) is 0. The minimum atomic E-state index is -4.55. The van der Waals surface area contributed by atoms with Gasteiger partial charge in [0.2, 0.25) is 5.91 Å². The van der Waals surface area contributed by atoms with Gasteiger partial charge in [0.1, 0.15) is 12.6 Å². The number of halogens is 3. The van der Waals surface area contributed by atoms with Gasteiger partial charge in [-0.1, -0.05) is 26.8 Å². The van der Waals surface area contributed by atoms with Crippen molar-refractivity contribution in [2.24, 2.45) is 5.41 Å². The third-order valence-corrected chi connectivity index (χ3v) is 6.31. The van der Waals surface area contributed by atoms with Gasteiger partial charge in [0.25, 0.3) is 11.8 Å². The monoisotopic (exact) mass is 540 g/mol. The van der Waals surface area contributed by atoms with E-state index < -0.39 is 36.0 Å². The number of morpholine rings is 1. The number of carbonyl (C=O) groups excluding carboxylic acids is 3. The predicted octanol–water partition coefficient (Wildman–Crippen LogP) is 3.76. The van der Waals surface area contributed by atoms with Crippen LogP contribution >= 0.6 is 11.3 Å². The van der Waals surface area contributed by atoms with Crippen LogP contribution < -0.4 is 15.5 Å². The summed E-state index contributed by atoms with van der Waals surface area (Å²) in [5.41, 5.74) is 0.428. The second-order valence-electron chi connectivity index (χ2n) is 9.92. The van der Waals surface area contributed by atoms with E-state index in [9.17, 15) is 27.6 Å². The Labute approximate surface area is 217 Å². The van der Waals surface area contributed by atoms with Crippen molar-refractivity contribution in [1.82, 2.24) is 10.2 Å². The number of benzene rings is 1. The largest absolute Gasteiger partial charge is 0.401 e. The first-order valence-electron chi connectivity index (χ1n) is 11.7. The first-order valence-corrected chi connectivity index (χ1v) is 12.6. The standard InChI is InChI=1S/C25H31F3N4O4S/c1-24(2,3)15-31(16-25(26,27)28)19(13-29-23(35)20-5-4-12-37-20)22(34)30-17-6-8-18(9-7-17)32-10-11-36-14-21(32)33/h4-9,12,19H,10-11,13-16H2,1-3H3,(H,29,35)(H,30,34)/t19-/m0/s1. The van der Waals surface area contributed by atoms with Gasteiger partial charge < -0.3 is 20.3 Å². The van der Waals surface area contributed by atoms with Crippen LogP contribution in [0.2, 0.25) is 0 Å². The number of alkyl halides is 3. The highest BCUT2D eigenvalue weighted by Crippen LogP contribution is 2.25. The van der Waals surface area contributed by atoms with Gasteiger partial charge in [-0.2, -0.15) is 13.2 Å².